The molecule has 2 aromatic carbocycles. The first-order valence-electron chi connectivity index (χ1n) is 16.4. The number of alkyl halides is 6. The number of anilines is 3. The fraction of sp³-hybridized carbons (Fsp3) is 0.457. The van der Waals surface area contributed by atoms with E-state index in [1.807, 2.05) is 6.92 Å². The molecule has 51 heavy (non-hydrogen) atoms. The van der Waals surface area contributed by atoms with Gasteiger partial charge in [-0.3, -0.25) is 9.69 Å². The summed E-state index contributed by atoms with van der Waals surface area (Å²) in [6, 6.07) is 8.67. The standard InChI is InChI=1S/C35H38F6N4O6/c1-3-25-18-30(28-19-27(49-2)7-8-29(28)45(25)33(48)51-12-4-5-32(46)47)44(31-9-6-26(20-42-31)43-10-13-50-14-11-43)21-22-15-23(34(36,37)38)17-24(16-22)35(39,40)41/h6-9,15-17,19-20,25,30H,3-5,10-14,18,21H2,1-2H3,(H,46,47)/t25-,30+/m1/s1. The number of morpholine rings is 1. The topological polar surface area (TPSA) is 105 Å². The van der Waals surface area contributed by atoms with Crippen LogP contribution in [0.25, 0.3) is 0 Å². The van der Waals surface area contributed by atoms with Crippen molar-refractivity contribution >= 4 is 29.3 Å². The first-order chi connectivity index (χ1) is 24.2. The molecule has 0 saturated carbocycles. The minimum Gasteiger partial charge on any atom is -0.497 e. The van der Waals surface area contributed by atoms with E-state index in [1.165, 1.54) is 12.0 Å². The SMILES string of the molecule is CC[C@@H]1C[C@H](N(Cc2cc(C(F)(F)F)cc(C(F)(F)F)c2)c2ccc(N3CCOCC3)cn2)c2cc(OC)ccc2N1C(=O)OCCCC(=O)O. The van der Waals surface area contributed by atoms with E-state index >= 15 is 0 Å². The van der Waals surface area contributed by atoms with E-state index in [9.17, 15) is 35.9 Å². The number of nitrogens with zero attached hydrogens (tertiary/aromatic N) is 4. The largest absolute Gasteiger partial charge is 0.497 e. The molecular weight excluding hydrogens is 686 g/mol. The highest BCUT2D eigenvalue weighted by Gasteiger charge is 2.41. The number of carboxylic acids is 1. The zero-order valence-corrected chi connectivity index (χ0v) is 28.0. The van der Waals surface area contributed by atoms with Gasteiger partial charge < -0.3 is 29.1 Å². The van der Waals surface area contributed by atoms with Gasteiger partial charge in [-0.25, -0.2) is 9.78 Å². The molecule has 0 radical (unpaired) electrons. The lowest BCUT2D eigenvalue weighted by atomic mass is 9.88. The van der Waals surface area contributed by atoms with Crippen LogP contribution in [0.3, 0.4) is 0 Å². The number of carbonyl (C=O) groups excluding carboxylic acids is 1. The smallest absolute Gasteiger partial charge is 0.416 e. The van der Waals surface area contributed by atoms with E-state index in [2.05, 4.69) is 9.88 Å². The Morgan fingerprint density at radius 3 is 2.25 bits per heavy atom. The molecule has 0 spiro atoms. The Labute approximate surface area is 290 Å². The van der Waals surface area contributed by atoms with Crippen LogP contribution in [0, 0.1) is 0 Å². The summed E-state index contributed by atoms with van der Waals surface area (Å²) < 4.78 is 99.9. The Kier molecular flexibility index (Phi) is 11.5. The van der Waals surface area contributed by atoms with Crippen molar-refractivity contribution in [2.75, 3.05) is 54.7 Å². The third-order valence-electron chi connectivity index (χ3n) is 8.92. The summed E-state index contributed by atoms with van der Waals surface area (Å²) in [4.78, 5) is 34.3. The Hall–Kier alpha value is -4.73. The monoisotopic (exact) mass is 724 g/mol. The van der Waals surface area contributed by atoms with Gasteiger partial charge in [0.2, 0.25) is 0 Å². The minimum atomic E-state index is -5.04. The van der Waals surface area contributed by atoms with Crippen molar-refractivity contribution in [2.45, 2.75) is 63.6 Å². The van der Waals surface area contributed by atoms with Crippen LogP contribution in [0.15, 0.2) is 54.7 Å². The Bertz CT molecular complexity index is 1650. The van der Waals surface area contributed by atoms with Crippen LogP contribution in [-0.2, 0) is 33.2 Å². The second-order valence-corrected chi connectivity index (χ2v) is 12.2. The summed E-state index contributed by atoms with van der Waals surface area (Å²) in [6.07, 6.45) is -8.69. The average molecular weight is 725 g/mol. The maximum absolute atomic E-state index is 13.9. The summed E-state index contributed by atoms with van der Waals surface area (Å²) in [6.45, 7) is 3.56. The van der Waals surface area contributed by atoms with E-state index < -0.39 is 54.2 Å². The fourth-order valence-electron chi connectivity index (χ4n) is 6.39. The molecular formula is C35H38F6N4O6. The molecule has 3 aromatic rings. The number of rotatable bonds is 11. The van der Waals surface area contributed by atoms with Gasteiger partial charge in [0, 0.05) is 37.7 Å². The number of fused-ring (bicyclic) bond motifs is 1. The molecule has 2 atom stereocenters. The Morgan fingerprint density at radius 2 is 1.69 bits per heavy atom. The molecule has 1 amide bonds. The maximum atomic E-state index is 13.9. The van der Waals surface area contributed by atoms with Gasteiger partial charge >= 0.3 is 24.4 Å². The Balaban J connectivity index is 1.61. The summed E-state index contributed by atoms with van der Waals surface area (Å²) in [5.41, 5.74) is -1.43. The number of carboxylic acid groups (broad SMARTS) is 1. The van der Waals surface area contributed by atoms with Gasteiger partial charge in [-0.15, -0.1) is 0 Å². The van der Waals surface area contributed by atoms with E-state index in [0.717, 1.165) is 5.69 Å². The zero-order valence-electron chi connectivity index (χ0n) is 28.0. The first kappa shape index (κ1) is 37.5. The molecule has 0 bridgehead atoms. The highest BCUT2D eigenvalue weighted by molar-refractivity contribution is 5.90. The molecule has 5 rings (SSSR count). The van der Waals surface area contributed by atoms with Crippen LogP contribution in [0.2, 0.25) is 0 Å². The number of carbonyl (C=O) groups is 2. The minimum absolute atomic E-state index is 0.0943. The van der Waals surface area contributed by atoms with Gasteiger partial charge in [-0.05, 0) is 73.4 Å². The van der Waals surface area contributed by atoms with Crippen molar-refractivity contribution in [1.82, 2.24) is 4.98 Å². The van der Waals surface area contributed by atoms with Crippen LogP contribution in [0.1, 0.15) is 60.9 Å². The quantitative estimate of drug-likeness (QED) is 0.157. The van der Waals surface area contributed by atoms with E-state index in [-0.39, 0.29) is 43.3 Å². The van der Waals surface area contributed by atoms with Gasteiger partial charge in [0.15, 0.2) is 0 Å². The summed E-state index contributed by atoms with van der Waals surface area (Å²) >= 11 is 0. The summed E-state index contributed by atoms with van der Waals surface area (Å²) in [5.74, 6) is -0.348. The van der Waals surface area contributed by atoms with Gasteiger partial charge in [-0.1, -0.05) is 6.92 Å². The predicted octanol–water partition coefficient (Wildman–Crippen LogP) is 7.70. The summed E-state index contributed by atoms with van der Waals surface area (Å²) in [5, 5.41) is 8.97. The second kappa shape index (κ2) is 15.7. The molecule has 1 aromatic heterocycles. The lowest BCUT2D eigenvalue weighted by Gasteiger charge is -2.44. The zero-order chi connectivity index (χ0) is 36.9. The number of ether oxygens (including phenoxy) is 3. The van der Waals surface area contributed by atoms with E-state index in [0.29, 0.717) is 61.9 Å². The molecule has 276 valence electrons. The molecule has 0 aliphatic carbocycles. The summed E-state index contributed by atoms with van der Waals surface area (Å²) in [7, 11) is 1.44. The number of aromatic nitrogens is 1. The van der Waals surface area contributed by atoms with Gasteiger partial charge in [-0.2, -0.15) is 26.3 Å². The highest BCUT2D eigenvalue weighted by atomic mass is 19.4. The molecule has 1 fully saturated rings. The molecule has 16 heteroatoms. The van der Waals surface area contributed by atoms with Crippen molar-refractivity contribution < 1.29 is 55.2 Å². The number of hydrogen-bond donors (Lipinski definition) is 1. The normalized spacial score (nSPS) is 17.9. The van der Waals surface area contributed by atoms with Gasteiger partial charge in [0.25, 0.3) is 0 Å². The molecule has 1 N–H and O–H groups in total. The predicted molar refractivity (Wildman–Crippen MR) is 175 cm³/mol. The van der Waals surface area contributed by atoms with Gasteiger partial charge in [0.1, 0.15) is 11.6 Å². The molecule has 2 aliphatic rings. The fourth-order valence-corrected chi connectivity index (χ4v) is 6.39. The number of methoxy groups -OCH3 is 1. The molecule has 0 unspecified atom stereocenters. The number of halogens is 6. The molecule has 1 saturated heterocycles. The van der Waals surface area contributed by atoms with Crippen LogP contribution in [0.5, 0.6) is 5.75 Å². The number of aliphatic carboxylic acids is 1. The number of amides is 1. The molecule has 2 aliphatic heterocycles. The molecule has 10 nitrogen and oxygen atoms in total. The van der Waals surface area contributed by atoms with Crippen LogP contribution >= 0.6 is 0 Å². The van der Waals surface area contributed by atoms with Crippen molar-refractivity contribution in [3.05, 3.63) is 77.0 Å². The maximum Gasteiger partial charge on any atom is 0.416 e. The van der Waals surface area contributed by atoms with E-state index in [4.69, 9.17) is 19.3 Å². The third-order valence-corrected chi connectivity index (χ3v) is 8.92. The van der Waals surface area contributed by atoms with Crippen molar-refractivity contribution in [3.8, 4) is 5.75 Å². The third kappa shape index (κ3) is 8.96. The van der Waals surface area contributed by atoms with Crippen molar-refractivity contribution in [1.29, 1.82) is 0 Å². The van der Waals surface area contributed by atoms with E-state index in [1.54, 1.807) is 41.4 Å². The lowest BCUT2D eigenvalue weighted by Crippen LogP contribution is -2.48. The highest BCUT2D eigenvalue weighted by Crippen LogP contribution is 2.46. The van der Waals surface area contributed by atoms with Crippen LogP contribution in [-0.4, -0.2) is 68.2 Å². The van der Waals surface area contributed by atoms with Crippen molar-refractivity contribution in [3.63, 3.8) is 0 Å². The number of benzene rings is 2. The lowest BCUT2D eigenvalue weighted by molar-refractivity contribution is -0.143. The number of hydrogen-bond acceptors (Lipinski definition) is 8. The van der Waals surface area contributed by atoms with Crippen molar-refractivity contribution in [2.24, 2.45) is 0 Å². The first-order valence-corrected chi connectivity index (χ1v) is 16.4. The second-order valence-electron chi connectivity index (χ2n) is 12.2. The molecule has 3 heterocycles. The average Bonchev–Trinajstić information content (AvgIpc) is 3.11. The van der Waals surface area contributed by atoms with Crippen LogP contribution in [0.4, 0.5) is 48.3 Å². The Morgan fingerprint density at radius 1 is 1.00 bits per heavy atom. The van der Waals surface area contributed by atoms with Gasteiger partial charge in [0.05, 0.1) is 61.7 Å². The van der Waals surface area contributed by atoms with Crippen LogP contribution < -0.4 is 19.4 Å². The number of pyridine rings is 1.